The van der Waals surface area contributed by atoms with Gasteiger partial charge in [0.1, 0.15) is 41.5 Å². The molecule has 3 aromatic carbocycles. The number of fused-ring (bicyclic) bond motifs is 3. The molecule has 2 fully saturated rings. The summed E-state index contributed by atoms with van der Waals surface area (Å²) in [6.45, 7) is 6.38. The van der Waals surface area contributed by atoms with Gasteiger partial charge in [0, 0.05) is 36.7 Å². The molecule has 16 nitrogen and oxygen atoms in total. The van der Waals surface area contributed by atoms with Crippen molar-refractivity contribution in [1.29, 1.82) is 0 Å². The van der Waals surface area contributed by atoms with Gasteiger partial charge in [-0.3, -0.25) is 14.9 Å². The van der Waals surface area contributed by atoms with Crippen LogP contribution < -0.4 is 26.5 Å². The number of H-pyrrole nitrogens is 1. The molecule has 0 radical (unpaired) electrons. The number of carboxylic acid groups (broad SMARTS) is 1. The number of aromatic hydroxyl groups is 1. The summed E-state index contributed by atoms with van der Waals surface area (Å²) in [5, 5.41) is 63.3. The minimum Gasteiger partial charge on any atom is -0.508 e. The van der Waals surface area contributed by atoms with E-state index in [4.69, 9.17) is 24.4 Å². The van der Waals surface area contributed by atoms with Crippen molar-refractivity contribution in [3.63, 3.8) is 0 Å². The van der Waals surface area contributed by atoms with Gasteiger partial charge in [-0.25, -0.2) is 4.79 Å². The highest BCUT2D eigenvalue weighted by atomic mass is 33.1. The normalized spacial score (nSPS) is 27.4. The number of carbonyl (C=O) groups is 2. The van der Waals surface area contributed by atoms with Crippen LogP contribution in [-0.4, -0.2) is 110 Å². The van der Waals surface area contributed by atoms with Crippen LogP contribution in [0.15, 0.2) is 113 Å². The van der Waals surface area contributed by atoms with Gasteiger partial charge in [-0.2, -0.15) is 0 Å². The van der Waals surface area contributed by atoms with Crippen molar-refractivity contribution < 1.29 is 53.7 Å². The molecule has 366 valence electrons. The van der Waals surface area contributed by atoms with Gasteiger partial charge in [-0.1, -0.05) is 90.1 Å². The molecule has 18 heteroatoms. The number of rotatable bonds is 14. The van der Waals surface area contributed by atoms with E-state index in [0.717, 1.165) is 37.1 Å². The third-order valence-electron chi connectivity index (χ3n) is 13.3. The standard InChI is InChI=1S/C51H58N4O12S2/c1-3-20-53-21-18-30-11-10-29(35-6-4-5-7-36(30)35)9-8-28(2)38-25-55-49(62)51(63)46(64-27-69-68-26-39(38)32-19-22-54-24-32)43(58)45(48(60)61)67-50(51)65-34-16-17-37-40(23-34)66-44(47(52)59)41(42(37)57)31-12-14-33(56)15-13-31/h4-7,9-17,19,22-24,28,30,38-39,43,45-46,49-50,53-56,58,62-63H,3,8,18,20-21,25-27H2,1-2H3,(H2,52,59)(H,60,61)/b29-9+/t28-,30-,38+,39-,43+,45-,46-,49-,50+,51-/m0/s1. The lowest BCUT2D eigenvalue weighted by molar-refractivity contribution is -0.342. The molecule has 3 aliphatic rings. The molecular formula is C51H58N4O12S2. The Bertz CT molecular complexity index is 2710. The average molecular weight is 983 g/mol. The Labute approximate surface area is 406 Å². The van der Waals surface area contributed by atoms with Crippen LogP contribution in [0.4, 0.5) is 0 Å². The van der Waals surface area contributed by atoms with Crippen LogP contribution in [0.2, 0.25) is 0 Å². The summed E-state index contributed by atoms with van der Waals surface area (Å²) in [7, 11) is 2.84. The average Bonchev–Trinajstić information content (AvgIpc) is 3.88. The second-order valence-electron chi connectivity index (χ2n) is 17.7. The highest BCUT2D eigenvalue weighted by Crippen LogP contribution is 2.43. The van der Waals surface area contributed by atoms with Crippen LogP contribution in [0.1, 0.15) is 72.2 Å². The molecule has 0 spiro atoms. The number of phenols is 1. The second-order valence-corrected chi connectivity index (χ2v) is 20.2. The van der Waals surface area contributed by atoms with Crippen LogP contribution in [0.3, 0.4) is 0 Å². The van der Waals surface area contributed by atoms with Gasteiger partial charge in [-0.15, -0.1) is 0 Å². The zero-order valence-corrected chi connectivity index (χ0v) is 39.8. The number of aliphatic carboxylic acids is 1. The van der Waals surface area contributed by atoms with Crippen LogP contribution in [0.25, 0.3) is 27.7 Å². The fourth-order valence-corrected chi connectivity index (χ4v) is 11.6. The molecule has 69 heavy (non-hydrogen) atoms. The Kier molecular flexibility index (Phi) is 16.0. The van der Waals surface area contributed by atoms with E-state index in [1.165, 1.54) is 75.2 Å². The van der Waals surface area contributed by atoms with Crippen molar-refractivity contribution in [2.45, 2.75) is 81.4 Å². The van der Waals surface area contributed by atoms with Crippen LogP contribution >= 0.6 is 21.6 Å². The number of hydrogen-bond acceptors (Lipinski definition) is 15. The zero-order chi connectivity index (χ0) is 48.8. The number of aliphatic hydroxyl groups is 3. The summed E-state index contributed by atoms with van der Waals surface area (Å²) in [5.74, 6) is -2.70. The van der Waals surface area contributed by atoms with E-state index in [1.54, 1.807) is 0 Å². The highest BCUT2D eigenvalue weighted by molar-refractivity contribution is 8.76. The molecular weight excluding hydrogens is 925 g/mol. The minimum absolute atomic E-state index is 0.00704. The van der Waals surface area contributed by atoms with Gasteiger partial charge in [0.2, 0.25) is 17.5 Å². The predicted molar refractivity (Wildman–Crippen MR) is 265 cm³/mol. The minimum atomic E-state index is -2.68. The summed E-state index contributed by atoms with van der Waals surface area (Å²) in [6, 6.07) is 20.0. The maximum atomic E-state index is 13.9. The lowest BCUT2D eigenvalue weighted by atomic mass is 9.77. The Morgan fingerprint density at radius 3 is 2.61 bits per heavy atom. The number of ether oxygens (including phenoxy) is 3. The number of hydrogen-bond donors (Lipinski definition) is 9. The summed E-state index contributed by atoms with van der Waals surface area (Å²) >= 11 is 0. The number of amides is 1. The van der Waals surface area contributed by atoms with Gasteiger partial charge >= 0.3 is 5.97 Å². The summed E-state index contributed by atoms with van der Waals surface area (Å²) < 4.78 is 24.0. The number of aromatic nitrogens is 1. The Hall–Kier alpha value is -5.41. The molecule has 2 aromatic heterocycles. The van der Waals surface area contributed by atoms with E-state index in [9.17, 15) is 39.9 Å². The molecule has 0 saturated carbocycles. The smallest absolute Gasteiger partial charge is 0.335 e. The van der Waals surface area contributed by atoms with Crippen molar-refractivity contribution in [3.05, 3.63) is 136 Å². The number of aliphatic hydroxyl groups excluding tert-OH is 2. The maximum absolute atomic E-state index is 13.9. The molecule has 1 amide bonds. The van der Waals surface area contributed by atoms with Crippen LogP contribution in [-0.2, 0) is 14.3 Å². The first-order chi connectivity index (χ1) is 33.3. The number of nitrogens with one attached hydrogen (secondary N) is 3. The number of carbonyl (C=O) groups excluding carboxylic acids is 1. The lowest BCUT2D eigenvalue weighted by Crippen LogP contribution is -2.75. The van der Waals surface area contributed by atoms with Crippen LogP contribution in [0, 0.1) is 11.8 Å². The maximum Gasteiger partial charge on any atom is 0.335 e. The number of benzene rings is 3. The molecule has 4 heterocycles. The van der Waals surface area contributed by atoms with Crippen molar-refractivity contribution in [2.75, 3.05) is 31.3 Å². The quantitative estimate of drug-likeness (QED) is 0.0452. The molecule has 10 atom stereocenters. The Balaban J connectivity index is 1.10. The molecule has 0 unspecified atom stereocenters. The molecule has 1 aliphatic carbocycles. The van der Waals surface area contributed by atoms with Gasteiger partial charge in [-0.05, 0) is 108 Å². The SMILES string of the molecule is CCCNCC[C@@H]1C=C/C(=C\C[C@H](C)[C@H]2CN[C@@H](O)[C@]3(O)[C@H](Oc4ccc5c(=O)c(-c6ccc(O)cc6)c(C(N)=O)oc5c4)O[C@H](C(=O)O)[C@@H](O)[C@@H]3OCSSC[C@H]2c2cc[nH]c2)c2ccccc21. The van der Waals surface area contributed by atoms with Crippen molar-refractivity contribution in [3.8, 4) is 22.6 Å². The predicted octanol–water partition coefficient (Wildman–Crippen LogP) is 6.07. The third-order valence-corrected chi connectivity index (χ3v) is 15.4. The Morgan fingerprint density at radius 2 is 1.87 bits per heavy atom. The Morgan fingerprint density at radius 1 is 1.07 bits per heavy atom. The van der Waals surface area contributed by atoms with E-state index in [2.05, 4.69) is 72.0 Å². The number of carboxylic acids is 1. The summed E-state index contributed by atoms with van der Waals surface area (Å²) in [4.78, 5) is 42.3. The summed E-state index contributed by atoms with van der Waals surface area (Å²) in [6.07, 6.45) is 3.64. The first-order valence-corrected chi connectivity index (χ1v) is 25.5. The van der Waals surface area contributed by atoms with Crippen molar-refractivity contribution >= 4 is 50.0 Å². The first-order valence-electron chi connectivity index (χ1n) is 23.0. The molecule has 2 saturated heterocycles. The molecule has 5 aromatic rings. The second kappa shape index (κ2) is 22.1. The molecule has 10 N–H and O–H groups in total. The molecule has 8 rings (SSSR count). The lowest BCUT2D eigenvalue weighted by Gasteiger charge is -2.50. The van der Waals surface area contributed by atoms with Gasteiger partial charge in [0.15, 0.2) is 11.7 Å². The first kappa shape index (κ1) is 50.0. The summed E-state index contributed by atoms with van der Waals surface area (Å²) in [5.41, 5.74) is 7.03. The van der Waals surface area contributed by atoms with Crippen molar-refractivity contribution in [1.82, 2.24) is 15.6 Å². The van der Waals surface area contributed by atoms with E-state index >= 15 is 0 Å². The van der Waals surface area contributed by atoms with E-state index < -0.39 is 59.5 Å². The largest absolute Gasteiger partial charge is 0.508 e. The van der Waals surface area contributed by atoms with Gasteiger partial charge < -0.3 is 60.2 Å². The fourth-order valence-electron chi connectivity index (χ4n) is 9.58. The van der Waals surface area contributed by atoms with Crippen LogP contribution in [0.5, 0.6) is 11.5 Å². The van der Waals surface area contributed by atoms with E-state index in [0.29, 0.717) is 18.1 Å². The highest BCUT2D eigenvalue weighted by Gasteiger charge is 2.63. The topological polar surface area (TPSA) is 259 Å². The number of aromatic amines is 1. The van der Waals surface area contributed by atoms with E-state index in [1.807, 2.05) is 18.5 Å². The number of phenolic OH excluding ortho intramolecular Hbond substituents is 1. The fraction of sp³-hybridized carbons (Fsp3) is 0.392. The van der Waals surface area contributed by atoms with E-state index in [-0.39, 0.29) is 63.8 Å². The van der Waals surface area contributed by atoms with Gasteiger partial charge in [0.05, 0.1) is 10.9 Å². The number of primary amides is 1. The monoisotopic (exact) mass is 982 g/mol. The number of nitrogens with two attached hydrogens (primary N) is 1. The number of allylic oxidation sites excluding steroid dienone is 4. The zero-order valence-electron chi connectivity index (χ0n) is 38.2. The third kappa shape index (κ3) is 10.7. The van der Waals surface area contributed by atoms with Gasteiger partial charge in [0.25, 0.3) is 5.91 Å². The molecule has 0 bridgehead atoms. The van der Waals surface area contributed by atoms with Crippen molar-refractivity contribution in [2.24, 2.45) is 17.6 Å². The molecule has 2 aliphatic heterocycles.